The van der Waals surface area contributed by atoms with Crippen LogP contribution in [-0.4, -0.2) is 22.8 Å². The molecule has 4 nitrogen and oxygen atoms in total. The number of nitrogens with zero attached hydrogens (tertiary/aromatic N) is 1. The highest BCUT2D eigenvalue weighted by atomic mass is 16.2. The maximum Gasteiger partial charge on any atom is 0.230 e. The summed E-state index contributed by atoms with van der Waals surface area (Å²) in [7, 11) is 0. The molecule has 1 saturated heterocycles. The van der Waals surface area contributed by atoms with Crippen LogP contribution in [0, 0.1) is 0 Å². The number of carbonyl (C=O) groups excluding carboxylic acids is 2. The number of nitrogens with two attached hydrogens (primary N) is 1. The van der Waals surface area contributed by atoms with E-state index in [0.29, 0.717) is 18.5 Å². The van der Waals surface area contributed by atoms with Gasteiger partial charge in [-0.05, 0) is 31.5 Å². The van der Waals surface area contributed by atoms with Gasteiger partial charge in [-0.1, -0.05) is 12.1 Å². The topological polar surface area (TPSA) is 63.4 Å². The van der Waals surface area contributed by atoms with Crippen LogP contribution in [0.5, 0.6) is 0 Å². The summed E-state index contributed by atoms with van der Waals surface area (Å²) in [5, 5.41) is 0. The molecule has 96 valence electrons. The van der Waals surface area contributed by atoms with E-state index in [9.17, 15) is 9.59 Å². The van der Waals surface area contributed by atoms with E-state index in [4.69, 9.17) is 5.73 Å². The van der Waals surface area contributed by atoms with Crippen LogP contribution in [0.4, 0.5) is 5.69 Å². The molecule has 0 atom stereocenters. The fraction of sp³-hybridized carbons (Fsp3) is 0.429. The quantitative estimate of drug-likeness (QED) is 0.640. The van der Waals surface area contributed by atoms with Gasteiger partial charge >= 0.3 is 0 Å². The molecule has 0 aliphatic carbocycles. The lowest BCUT2D eigenvalue weighted by Crippen LogP contribution is -2.46. The van der Waals surface area contributed by atoms with Crippen LogP contribution in [0.1, 0.15) is 38.2 Å². The summed E-state index contributed by atoms with van der Waals surface area (Å²) in [6.45, 7) is 3.72. The van der Waals surface area contributed by atoms with Crippen LogP contribution in [-0.2, 0) is 9.59 Å². The van der Waals surface area contributed by atoms with Crippen molar-refractivity contribution in [2.75, 3.05) is 5.73 Å². The Balaban J connectivity index is 2.18. The molecular formula is C14H18N2O2. The Labute approximate surface area is 107 Å². The SMILES string of the molecule is CC(C)N1C(=O)CC(c2ccc(N)cc2)CC1=O. The van der Waals surface area contributed by atoms with Gasteiger partial charge < -0.3 is 5.73 Å². The third-order valence-corrected chi connectivity index (χ3v) is 3.30. The molecule has 18 heavy (non-hydrogen) atoms. The highest BCUT2D eigenvalue weighted by molar-refractivity contribution is 5.99. The minimum Gasteiger partial charge on any atom is -0.399 e. The van der Waals surface area contributed by atoms with E-state index in [1.165, 1.54) is 4.90 Å². The Bertz CT molecular complexity index is 447. The van der Waals surface area contributed by atoms with Crippen molar-refractivity contribution in [2.45, 2.75) is 38.6 Å². The number of anilines is 1. The lowest BCUT2D eigenvalue weighted by atomic mass is 9.88. The molecule has 1 aromatic carbocycles. The minimum absolute atomic E-state index is 0.0133. The first-order valence-electron chi connectivity index (χ1n) is 6.19. The first-order chi connectivity index (χ1) is 8.49. The number of benzene rings is 1. The summed E-state index contributed by atoms with van der Waals surface area (Å²) in [5.74, 6) is -0.174. The molecule has 0 unspecified atom stereocenters. The Morgan fingerprint density at radius 3 is 2.06 bits per heavy atom. The van der Waals surface area contributed by atoms with Gasteiger partial charge in [-0.15, -0.1) is 0 Å². The van der Waals surface area contributed by atoms with Crippen molar-refractivity contribution in [3.63, 3.8) is 0 Å². The molecular weight excluding hydrogens is 228 g/mol. The van der Waals surface area contributed by atoms with Crippen LogP contribution in [0.3, 0.4) is 0 Å². The van der Waals surface area contributed by atoms with Crippen molar-refractivity contribution in [3.05, 3.63) is 29.8 Å². The fourth-order valence-corrected chi connectivity index (χ4v) is 2.41. The van der Waals surface area contributed by atoms with Crippen LogP contribution >= 0.6 is 0 Å². The van der Waals surface area contributed by atoms with Gasteiger partial charge in [-0.2, -0.15) is 0 Å². The van der Waals surface area contributed by atoms with Gasteiger partial charge in [-0.3, -0.25) is 14.5 Å². The molecule has 1 heterocycles. The second-order valence-corrected chi connectivity index (χ2v) is 5.02. The molecule has 0 aromatic heterocycles. The number of hydrogen-bond donors (Lipinski definition) is 1. The number of piperidine rings is 1. The molecule has 1 aromatic rings. The molecule has 1 aliphatic rings. The molecule has 0 spiro atoms. The molecule has 0 bridgehead atoms. The molecule has 2 amide bonds. The van der Waals surface area contributed by atoms with Gasteiger partial charge in [-0.25, -0.2) is 0 Å². The van der Waals surface area contributed by atoms with Crippen molar-refractivity contribution in [3.8, 4) is 0 Å². The monoisotopic (exact) mass is 246 g/mol. The normalized spacial score (nSPS) is 17.6. The summed E-state index contributed by atoms with van der Waals surface area (Å²) in [6, 6.07) is 7.34. The van der Waals surface area contributed by atoms with E-state index in [1.54, 1.807) is 12.1 Å². The standard InChI is InChI=1S/C14H18N2O2/c1-9(2)16-13(17)7-11(8-14(16)18)10-3-5-12(15)6-4-10/h3-6,9,11H,7-8,15H2,1-2H3. The molecule has 1 aliphatic heterocycles. The third-order valence-electron chi connectivity index (χ3n) is 3.30. The number of rotatable bonds is 2. The van der Waals surface area contributed by atoms with Crippen LogP contribution in [0.2, 0.25) is 0 Å². The van der Waals surface area contributed by atoms with Crippen molar-refractivity contribution in [1.82, 2.24) is 4.90 Å². The number of likely N-dealkylation sites (tertiary alicyclic amines) is 1. The van der Waals surface area contributed by atoms with E-state index in [0.717, 1.165) is 5.56 Å². The predicted molar refractivity (Wildman–Crippen MR) is 69.8 cm³/mol. The predicted octanol–water partition coefficient (Wildman–Crippen LogP) is 1.91. The van der Waals surface area contributed by atoms with E-state index >= 15 is 0 Å². The summed E-state index contributed by atoms with van der Waals surface area (Å²) >= 11 is 0. The molecule has 2 N–H and O–H groups in total. The zero-order valence-electron chi connectivity index (χ0n) is 10.7. The van der Waals surface area contributed by atoms with Crippen molar-refractivity contribution in [2.24, 2.45) is 0 Å². The largest absolute Gasteiger partial charge is 0.399 e. The molecule has 0 saturated carbocycles. The molecule has 0 radical (unpaired) electrons. The number of imide groups is 1. The first-order valence-corrected chi connectivity index (χ1v) is 6.19. The van der Waals surface area contributed by atoms with Crippen LogP contribution in [0.25, 0.3) is 0 Å². The molecule has 2 rings (SSSR count). The Hall–Kier alpha value is -1.84. The summed E-state index contributed by atoms with van der Waals surface area (Å²) in [4.78, 5) is 25.3. The number of amides is 2. The van der Waals surface area contributed by atoms with Crippen LogP contribution in [0.15, 0.2) is 24.3 Å². The average Bonchev–Trinajstić information content (AvgIpc) is 2.28. The van der Waals surface area contributed by atoms with E-state index in [1.807, 2.05) is 26.0 Å². The Morgan fingerprint density at radius 1 is 1.11 bits per heavy atom. The fourth-order valence-electron chi connectivity index (χ4n) is 2.41. The van der Waals surface area contributed by atoms with Crippen molar-refractivity contribution in [1.29, 1.82) is 0 Å². The summed E-state index contributed by atoms with van der Waals surface area (Å²) in [6.07, 6.45) is 0.793. The highest BCUT2D eigenvalue weighted by Gasteiger charge is 2.34. The summed E-state index contributed by atoms with van der Waals surface area (Å²) in [5.41, 5.74) is 7.33. The van der Waals surface area contributed by atoms with Gasteiger partial charge in [0.05, 0.1) is 0 Å². The minimum atomic E-state index is -0.0805. The highest BCUT2D eigenvalue weighted by Crippen LogP contribution is 2.30. The lowest BCUT2D eigenvalue weighted by Gasteiger charge is -2.32. The Kier molecular flexibility index (Phi) is 3.36. The van der Waals surface area contributed by atoms with E-state index < -0.39 is 0 Å². The van der Waals surface area contributed by atoms with Crippen molar-refractivity contribution < 1.29 is 9.59 Å². The maximum atomic E-state index is 12.0. The van der Waals surface area contributed by atoms with Gasteiger partial charge in [0.15, 0.2) is 0 Å². The zero-order chi connectivity index (χ0) is 13.3. The van der Waals surface area contributed by atoms with Gasteiger partial charge in [0.25, 0.3) is 0 Å². The van der Waals surface area contributed by atoms with Gasteiger partial charge in [0.1, 0.15) is 0 Å². The second-order valence-electron chi connectivity index (χ2n) is 5.02. The number of nitrogen functional groups attached to an aromatic ring is 1. The lowest BCUT2D eigenvalue weighted by molar-refractivity contribution is -0.150. The summed E-state index contributed by atoms with van der Waals surface area (Å²) < 4.78 is 0. The van der Waals surface area contributed by atoms with E-state index in [-0.39, 0.29) is 23.8 Å². The Morgan fingerprint density at radius 2 is 1.61 bits per heavy atom. The van der Waals surface area contributed by atoms with E-state index in [2.05, 4.69) is 0 Å². The second kappa shape index (κ2) is 4.80. The average molecular weight is 246 g/mol. The smallest absolute Gasteiger partial charge is 0.230 e. The molecule has 4 heteroatoms. The zero-order valence-corrected chi connectivity index (χ0v) is 10.7. The number of hydrogen-bond acceptors (Lipinski definition) is 3. The third kappa shape index (κ3) is 2.37. The van der Waals surface area contributed by atoms with Crippen molar-refractivity contribution >= 4 is 17.5 Å². The van der Waals surface area contributed by atoms with Crippen LogP contribution < -0.4 is 5.73 Å². The number of carbonyl (C=O) groups is 2. The van der Waals surface area contributed by atoms with Gasteiger partial charge in [0.2, 0.25) is 11.8 Å². The molecule has 1 fully saturated rings. The maximum absolute atomic E-state index is 12.0. The van der Waals surface area contributed by atoms with Gasteiger partial charge in [0, 0.05) is 30.5 Å². The first kappa shape index (κ1) is 12.6.